The minimum atomic E-state index is -0.188. The number of carbonyl (C=O) groups is 1. The molecule has 1 aromatic heterocycles. The number of nitrogen functional groups attached to an aromatic ring is 1. The van der Waals surface area contributed by atoms with Gasteiger partial charge in [-0.05, 0) is 68.1 Å². The summed E-state index contributed by atoms with van der Waals surface area (Å²) in [6.45, 7) is 2.29. The van der Waals surface area contributed by atoms with Gasteiger partial charge in [-0.2, -0.15) is 0 Å². The van der Waals surface area contributed by atoms with Crippen molar-refractivity contribution in [3.63, 3.8) is 0 Å². The zero-order valence-corrected chi connectivity index (χ0v) is 15.2. The second-order valence-electron chi connectivity index (χ2n) is 7.48. The smallest absolute Gasteiger partial charge is 0.178 e. The molecule has 5 heteroatoms. The van der Waals surface area contributed by atoms with Crippen LogP contribution >= 0.6 is 0 Å². The van der Waals surface area contributed by atoms with E-state index in [1.807, 2.05) is 30.3 Å². The summed E-state index contributed by atoms with van der Waals surface area (Å²) >= 11 is 0. The van der Waals surface area contributed by atoms with Crippen LogP contribution in [0, 0.1) is 11.7 Å². The molecule has 4 rings (SSSR count). The van der Waals surface area contributed by atoms with Crippen LogP contribution in [0.5, 0.6) is 0 Å². The van der Waals surface area contributed by atoms with Gasteiger partial charge in [0.05, 0.1) is 6.54 Å². The molecule has 0 aliphatic carbocycles. The van der Waals surface area contributed by atoms with Crippen molar-refractivity contribution in [2.24, 2.45) is 5.92 Å². The van der Waals surface area contributed by atoms with Crippen molar-refractivity contribution in [3.05, 3.63) is 65.6 Å². The number of benzene rings is 2. The predicted octanol–water partition coefficient (Wildman–Crippen LogP) is 4.03. The number of likely N-dealkylation sites (tertiary alicyclic amines) is 1. The SMILES string of the molecule is Nc1ccc2c(C(=O)CN3CCC(Cc4ccc(F)cc4)CC3)c[nH]c2c1. The fourth-order valence-corrected chi connectivity index (χ4v) is 3.97. The molecule has 140 valence electrons. The number of anilines is 1. The molecule has 4 nitrogen and oxygen atoms in total. The molecule has 1 aliphatic rings. The number of nitrogens with zero attached hydrogens (tertiary/aromatic N) is 1. The van der Waals surface area contributed by atoms with Crippen molar-refractivity contribution >= 4 is 22.4 Å². The molecule has 0 spiro atoms. The summed E-state index contributed by atoms with van der Waals surface area (Å²) in [5, 5.41) is 0.931. The topological polar surface area (TPSA) is 62.1 Å². The highest BCUT2D eigenvalue weighted by Crippen LogP contribution is 2.24. The Morgan fingerprint density at radius 1 is 1.15 bits per heavy atom. The first-order chi connectivity index (χ1) is 13.1. The quantitative estimate of drug-likeness (QED) is 0.530. The van der Waals surface area contributed by atoms with Crippen LogP contribution in [-0.2, 0) is 6.42 Å². The van der Waals surface area contributed by atoms with Crippen molar-refractivity contribution in [2.45, 2.75) is 19.3 Å². The third-order valence-electron chi connectivity index (χ3n) is 5.52. The molecule has 1 aliphatic heterocycles. The van der Waals surface area contributed by atoms with Crippen LogP contribution in [0.1, 0.15) is 28.8 Å². The van der Waals surface area contributed by atoms with Gasteiger partial charge in [-0.25, -0.2) is 4.39 Å². The van der Waals surface area contributed by atoms with Gasteiger partial charge in [-0.1, -0.05) is 18.2 Å². The highest BCUT2D eigenvalue weighted by molar-refractivity contribution is 6.09. The van der Waals surface area contributed by atoms with E-state index in [2.05, 4.69) is 9.88 Å². The maximum atomic E-state index is 13.0. The van der Waals surface area contributed by atoms with E-state index in [9.17, 15) is 9.18 Å². The van der Waals surface area contributed by atoms with Crippen LogP contribution in [0.25, 0.3) is 10.9 Å². The van der Waals surface area contributed by atoms with E-state index >= 15 is 0 Å². The molecule has 3 N–H and O–H groups in total. The first kappa shape index (κ1) is 17.7. The number of carbonyl (C=O) groups excluding carboxylic acids is 1. The van der Waals surface area contributed by atoms with Crippen LogP contribution < -0.4 is 5.73 Å². The Kier molecular flexibility index (Phi) is 4.94. The predicted molar refractivity (Wildman–Crippen MR) is 106 cm³/mol. The van der Waals surface area contributed by atoms with Crippen LogP contribution in [0.4, 0.5) is 10.1 Å². The van der Waals surface area contributed by atoms with Crippen molar-refractivity contribution in [1.29, 1.82) is 0 Å². The van der Waals surface area contributed by atoms with Crippen molar-refractivity contribution in [1.82, 2.24) is 9.88 Å². The van der Waals surface area contributed by atoms with E-state index < -0.39 is 0 Å². The molecule has 2 heterocycles. The van der Waals surface area contributed by atoms with Gasteiger partial charge in [0.1, 0.15) is 5.82 Å². The second kappa shape index (κ2) is 7.53. The average Bonchev–Trinajstić information content (AvgIpc) is 3.08. The Labute approximate surface area is 158 Å². The zero-order valence-electron chi connectivity index (χ0n) is 15.2. The summed E-state index contributed by atoms with van der Waals surface area (Å²) in [4.78, 5) is 18.1. The van der Waals surface area contributed by atoms with E-state index in [-0.39, 0.29) is 11.6 Å². The monoisotopic (exact) mass is 365 g/mol. The van der Waals surface area contributed by atoms with Gasteiger partial charge in [0.15, 0.2) is 5.78 Å². The first-order valence-electron chi connectivity index (χ1n) is 9.45. The number of ketones is 1. The lowest BCUT2D eigenvalue weighted by atomic mass is 9.90. The van der Waals surface area contributed by atoms with Gasteiger partial charge in [0, 0.05) is 28.4 Å². The lowest BCUT2D eigenvalue weighted by Gasteiger charge is -2.31. The first-order valence-corrected chi connectivity index (χ1v) is 9.45. The highest BCUT2D eigenvalue weighted by Gasteiger charge is 2.22. The van der Waals surface area contributed by atoms with E-state index in [1.54, 1.807) is 6.20 Å². The minimum Gasteiger partial charge on any atom is -0.399 e. The molecule has 2 aromatic carbocycles. The number of hydrogen-bond acceptors (Lipinski definition) is 3. The van der Waals surface area contributed by atoms with Gasteiger partial charge in [-0.3, -0.25) is 9.69 Å². The number of nitrogens with one attached hydrogen (secondary N) is 1. The number of aromatic nitrogens is 1. The van der Waals surface area contributed by atoms with Gasteiger partial charge in [0.25, 0.3) is 0 Å². The van der Waals surface area contributed by atoms with Gasteiger partial charge in [0.2, 0.25) is 0 Å². The maximum Gasteiger partial charge on any atom is 0.178 e. The molecule has 0 atom stereocenters. The molecule has 1 saturated heterocycles. The Hall–Kier alpha value is -2.66. The average molecular weight is 365 g/mol. The lowest BCUT2D eigenvalue weighted by Crippen LogP contribution is -2.37. The largest absolute Gasteiger partial charge is 0.399 e. The van der Waals surface area contributed by atoms with Gasteiger partial charge in [-0.15, -0.1) is 0 Å². The van der Waals surface area contributed by atoms with Gasteiger partial charge < -0.3 is 10.7 Å². The molecule has 27 heavy (non-hydrogen) atoms. The summed E-state index contributed by atoms with van der Waals surface area (Å²) in [6, 6.07) is 12.4. The van der Waals surface area contributed by atoms with Crippen molar-refractivity contribution in [2.75, 3.05) is 25.4 Å². The van der Waals surface area contributed by atoms with E-state index in [0.717, 1.165) is 48.8 Å². The number of fused-ring (bicyclic) bond motifs is 1. The number of hydrogen-bond donors (Lipinski definition) is 2. The van der Waals surface area contributed by atoms with Crippen molar-refractivity contribution < 1.29 is 9.18 Å². The number of aromatic amines is 1. The zero-order chi connectivity index (χ0) is 18.8. The molecule has 0 radical (unpaired) electrons. The molecule has 0 unspecified atom stereocenters. The fraction of sp³-hybridized carbons (Fsp3) is 0.318. The molecular weight excluding hydrogens is 341 g/mol. The Bertz CT molecular complexity index is 940. The summed E-state index contributed by atoms with van der Waals surface area (Å²) in [5.74, 6) is 0.549. The number of Topliss-reactive ketones (excluding diaryl/α,β-unsaturated/α-hetero) is 1. The Morgan fingerprint density at radius 2 is 1.89 bits per heavy atom. The third-order valence-corrected chi connectivity index (χ3v) is 5.52. The van der Waals surface area contributed by atoms with Crippen LogP contribution in [0.15, 0.2) is 48.7 Å². The standard InChI is InChI=1S/C22H24FN3O/c23-17-3-1-15(2-4-17)11-16-7-9-26(10-8-16)14-22(27)20-13-25-21-12-18(24)5-6-19(20)21/h1-6,12-13,16,25H,7-11,14,24H2. The maximum absolute atomic E-state index is 13.0. The Morgan fingerprint density at radius 3 is 2.63 bits per heavy atom. The summed E-state index contributed by atoms with van der Waals surface area (Å²) in [5.41, 5.74) is 9.31. The fourth-order valence-electron chi connectivity index (χ4n) is 3.97. The lowest BCUT2D eigenvalue weighted by molar-refractivity contribution is 0.0897. The van der Waals surface area contributed by atoms with Crippen LogP contribution in [0.2, 0.25) is 0 Å². The molecule has 1 fully saturated rings. The number of piperidine rings is 1. The number of nitrogens with two attached hydrogens (primary N) is 1. The summed E-state index contributed by atoms with van der Waals surface area (Å²) in [6.07, 6.45) is 4.89. The highest BCUT2D eigenvalue weighted by atomic mass is 19.1. The molecule has 0 bridgehead atoms. The third kappa shape index (κ3) is 4.03. The minimum absolute atomic E-state index is 0.142. The molecular formula is C22H24FN3O. The Balaban J connectivity index is 1.33. The number of rotatable bonds is 5. The summed E-state index contributed by atoms with van der Waals surface area (Å²) < 4.78 is 13.0. The molecule has 0 saturated carbocycles. The number of halogens is 1. The normalized spacial score (nSPS) is 16.0. The van der Waals surface area contributed by atoms with Crippen LogP contribution in [0.3, 0.4) is 0 Å². The van der Waals surface area contributed by atoms with Gasteiger partial charge >= 0.3 is 0 Å². The summed E-state index contributed by atoms with van der Waals surface area (Å²) in [7, 11) is 0. The molecule has 3 aromatic rings. The molecule has 0 amide bonds. The number of H-pyrrole nitrogens is 1. The van der Waals surface area contributed by atoms with Crippen LogP contribution in [-0.4, -0.2) is 35.3 Å². The van der Waals surface area contributed by atoms with Crippen molar-refractivity contribution in [3.8, 4) is 0 Å². The van der Waals surface area contributed by atoms with E-state index in [4.69, 9.17) is 5.73 Å². The van der Waals surface area contributed by atoms with E-state index in [0.29, 0.717) is 18.2 Å². The van der Waals surface area contributed by atoms with E-state index in [1.165, 1.54) is 17.7 Å². The second-order valence-corrected chi connectivity index (χ2v) is 7.48.